The number of ether oxygens (including phenoxy) is 2. The van der Waals surface area contributed by atoms with Gasteiger partial charge in [0.15, 0.2) is 11.5 Å². The number of nitrogens with one attached hydrogen (secondary N) is 1. The van der Waals surface area contributed by atoms with Crippen LogP contribution in [0.3, 0.4) is 0 Å². The summed E-state index contributed by atoms with van der Waals surface area (Å²) in [6, 6.07) is 6.94. The molecule has 1 aromatic carbocycles. The van der Waals surface area contributed by atoms with Crippen molar-refractivity contribution in [2.45, 2.75) is 6.42 Å². The van der Waals surface area contributed by atoms with Crippen LogP contribution in [0.2, 0.25) is 0 Å². The van der Waals surface area contributed by atoms with E-state index in [1.807, 2.05) is 17.0 Å². The molecule has 0 atom stereocenters. The first kappa shape index (κ1) is 25.3. The van der Waals surface area contributed by atoms with Crippen molar-refractivity contribution in [3.8, 4) is 11.5 Å². The topological polar surface area (TPSA) is 158 Å². The predicted octanol–water partition coefficient (Wildman–Crippen LogP) is 2.00. The third-order valence-electron chi connectivity index (χ3n) is 6.47. The number of rotatable bonds is 7. The Bertz CT molecular complexity index is 1220. The van der Waals surface area contributed by atoms with E-state index in [1.54, 1.807) is 19.2 Å². The van der Waals surface area contributed by atoms with Gasteiger partial charge in [-0.1, -0.05) is 0 Å². The molecule has 2 aromatic rings. The largest absolute Gasteiger partial charge is 0.491 e. The van der Waals surface area contributed by atoms with Crippen LogP contribution in [-0.4, -0.2) is 99.5 Å². The molecule has 5 rings (SSSR count). The van der Waals surface area contributed by atoms with E-state index in [2.05, 4.69) is 20.2 Å². The minimum Gasteiger partial charge on any atom is -0.491 e. The fourth-order valence-electron chi connectivity index (χ4n) is 4.47. The third kappa shape index (κ3) is 5.49. The summed E-state index contributed by atoms with van der Waals surface area (Å²) < 4.78 is 31.3. The summed E-state index contributed by atoms with van der Waals surface area (Å²) in [4.78, 5) is 30.3. The molecule has 0 saturated carbocycles. The molecule has 3 aliphatic heterocycles. The van der Waals surface area contributed by atoms with Crippen molar-refractivity contribution in [2.75, 3.05) is 63.7 Å². The molecule has 13 heteroatoms. The zero-order valence-electron chi connectivity index (χ0n) is 20.6. The molecule has 198 valence electrons. The van der Waals surface area contributed by atoms with Gasteiger partial charge in [-0.3, -0.25) is 29.1 Å². The first-order chi connectivity index (χ1) is 17.8. The molecular weight excluding hydrogens is 498 g/mol. The number of hydrogen-bond acceptors (Lipinski definition) is 11. The Kier molecular flexibility index (Phi) is 7.20. The van der Waals surface area contributed by atoms with Crippen LogP contribution in [0.15, 0.2) is 40.4 Å². The molecule has 1 saturated heterocycles. The van der Waals surface area contributed by atoms with E-state index in [9.17, 15) is 13.9 Å². The second kappa shape index (κ2) is 10.5. The maximum atomic E-state index is 12.9. The molecular formula is C24H31N7O5S. The molecule has 0 spiro atoms. The highest BCUT2D eigenvalue weighted by Crippen LogP contribution is 2.43. The van der Waals surface area contributed by atoms with Gasteiger partial charge in [0.05, 0.1) is 37.3 Å². The first-order valence-corrected chi connectivity index (χ1v) is 14.0. The summed E-state index contributed by atoms with van der Waals surface area (Å²) in [5, 5.41) is 2.87. The SMILES string of the molecule is COc1c(OCCCN2CCS(O)(O)CC2)ccc2c1N=C(NC(=O)c1ccc(N)nc1)N1CCN=C21. The highest BCUT2D eigenvalue weighted by Gasteiger charge is 2.33. The smallest absolute Gasteiger partial charge is 0.259 e. The van der Waals surface area contributed by atoms with Gasteiger partial charge < -0.3 is 20.1 Å². The minimum absolute atomic E-state index is 0.334. The number of anilines is 1. The molecule has 5 N–H and O–H groups in total. The van der Waals surface area contributed by atoms with Crippen LogP contribution < -0.4 is 20.5 Å². The number of amidine groups is 1. The molecule has 1 amide bonds. The lowest BCUT2D eigenvalue weighted by molar-refractivity contribution is 0.0973. The highest BCUT2D eigenvalue weighted by molar-refractivity contribution is 8.24. The van der Waals surface area contributed by atoms with Gasteiger partial charge in [-0.05, 0) is 30.7 Å². The molecule has 12 nitrogen and oxygen atoms in total. The van der Waals surface area contributed by atoms with E-state index >= 15 is 0 Å². The van der Waals surface area contributed by atoms with Crippen LogP contribution in [0, 0.1) is 0 Å². The average molecular weight is 530 g/mol. The van der Waals surface area contributed by atoms with E-state index in [4.69, 9.17) is 20.2 Å². The molecule has 0 bridgehead atoms. The lowest BCUT2D eigenvalue weighted by atomic mass is 10.1. The van der Waals surface area contributed by atoms with Gasteiger partial charge in [0.25, 0.3) is 5.91 Å². The normalized spacial score (nSPS) is 19.3. The van der Waals surface area contributed by atoms with Crippen LogP contribution >= 0.6 is 10.6 Å². The van der Waals surface area contributed by atoms with Crippen molar-refractivity contribution < 1.29 is 23.4 Å². The molecule has 4 heterocycles. The Hall–Kier alpha value is -3.39. The summed E-state index contributed by atoms with van der Waals surface area (Å²) in [5.41, 5.74) is 7.35. The van der Waals surface area contributed by atoms with Crippen molar-refractivity contribution in [1.29, 1.82) is 0 Å². The zero-order valence-corrected chi connectivity index (χ0v) is 21.4. The second-order valence-electron chi connectivity index (χ2n) is 8.97. The van der Waals surface area contributed by atoms with Gasteiger partial charge in [0.2, 0.25) is 5.96 Å². The number of hydrogen-bond donors (Lipinski definition) is 4. The number of pyridine rings is 1. The Morgan fingerprint density at radius 2 is 2.00 bits per heavy atom. The Labute approximate surface area is 216 Å². The van der Waals surface area contributed by atoms with Gasteiger partial charge in [0, 0.05) is 37.9 Å². The summed E-state index contributed by atoms with van der Waals surface area (Å²) in [5.74, 6) is 2.94. The number of carbonyl (C=O) groups is 1. The number of benzene rings is 1. The number of nitrogen functional groups attached to an aromatic ring is 1. The fraction of sp³-hybridized carbons (Fsp3) is 0.417. The molecule has 1 aromatic heterocycles. The fourth-order valence-corrected chi connectivity index (χ4v) is 5.78. The molecule has 0 unspecified atom stereocenters. The molecule has 1 fully saturated rings. The van der Waals surface area contributed by atoms with Crippen LogP contribution in [0.25, 0.3) is 0 Å². The lowest BCUT2D eigenvalue weighted by Crippen LogP contribution is -2.47. The van der Waals surface area contributed by atoms with Crippen molar-refractivity contribution >= 4 is 39.8 Å². The van der Waals surface area contributed by atoms with E-state index < -0.39 is 10.6 Å². The Balaban J connectivity index is 1.30. The molecule has 0 aliphatic carbocycles. The van der Waals surface area contributed by atoms with Gasteiger partial charge in [-0.25, -0.2) is 9.98 Å². The van der Waals surface area contributed by atoms with Crippen molar-refractivity contribution in [2.24, 2.45) is 9.98 Å². The lowest BCUT2D eigenvalue weighted by Gasteiger charge is -2.40. The number of nitrogens with two attached hydrogens (primary N) is 1. The number of methoxy groups -OCH3 is 1. The summed E-state index contributed by atoms with van der Waals surface area (Å²) in [7, 11) is -0.832. The standard InChI is InChI=1S/C24H31N7O5S/c1-35-21-18(36-12-2-8-30-10-13-37(33,34)14-11-30)5-4-17-20(21)28-24(31-9-7-26-22(17)31)29-23(32)16-3-6-19(25)27-15-16/h3-6,15,33-34H,2,7-14H2,1H3,(H2,25,27)(H,28,29,32). The zero-order chi connectivity index (χ0) is 26.0. The van der Waals surface area contributed by atoms with Crippen molar-refractivity contribution in [3.63, 3.8) is 0 Å². The minimum atomic E-state index is -2.39. The maximum absolute atomic E-state index is 12.9. The van der Waals surface area contributed by atoms with Gasteiger partial charge in [0.1, 0.15) is 17.3 Å². The molecule has 37 heavy (non-hydrogen) atoms. The van der Waals surface area contributed by atoms with E-state index in [-0.39, 0.29) is 5.91 Å². The predicted molar refractivity (Wildman–Crippen MR) is 143 cm³/mol. The Morgan fingerprint density at radius 1 is 1.19 bits per heavy atom. The summed E-state index contributed by atoms with van der Waals surface area (Å²) >= 11 is 0. The van der Waals surface area contributed by atoms with Crippen LogP contribution in [0.1, 0.15) is 22.3 Å². The maximum Gasteiger partial charge on any atom is 0.259 e. The second-order valence-corrected chi connectivity index (χ2v) is 11.4. The van der Waals surface area contributed by atoms with Crippen molar-refractivity contribution in [3.05, 3.63) is 41.6 Å². The number of amides is 1. The Morgan fingerprint density at radius 3 is 2.73 bits per heavy atom. The number of aromatic nitrogens is 1. The van der Waals surface area contributed by atoms with Gasteiger partial charge in [-0.2, -0.15) is 10.6 Å². The van der Waals surface area contributed by atoms with Gasteiger partial charge >= 0.3 is 0 Å². The summed E-state index contributed by atoms with van der Waals surface area (Å²) in [6.45, 7) is 3.81. The summed E-state index contributed by atoms with van der Waals surface area (Å²) in [6.07, 6.45) is 2.20. The average Bonchev–Trinajstić information content (AvgIpc) is 3.38. The van der Waals surface area contributed by atoms with Gasteiger partial charge in [-0.15, -0.1) is 0 Å². The highest BCUT2D eigenvalue weighted by atomic mass is 32.3. The quantitative estimate of drug-likeness (QED) is 0.394. The number of nitrogens with zero attached hydrogens (tertiary/aromatic N) is 5. The first-order valence-electron chi connectivity index (χ1n) is 12.1. The van der Waals surface area contributed by atoms with Crippen LogP contribution in [0.4, 0.5) is 11.5 Å². The van der Waals surface area contributed by atoms with Crippen LogP contribution in [-0.2, 0) is 0 Å². The molecule has 0 radical (unpaired) electrons. The van der Waals surface area contributed by atoms with E-state index in [0.717, 1.165) is 24.4 Å². The monoisotopic (exact) mass is 529 g/mol. The number of fused-ring (bicyclic) bond motifs is 3. The van der Waals surface area contributed by atoms with Crippen LogP contribution in [0.5, 0.6) is 11.5 Å². The number of guanidine groups is 1. The number of aliphatic imine (C=N–C) groups is 2. The molecule has 3 aliphatic rings. The van der Waals surface area contributed by atoms with E-state index in [0.29, 0.717) is 78.8 Å². The third-order valence-corrected chi connectivity index (χ3v) is 8.15. The van der Waals surface area contributed by atoms with Crippen molar-refractivity contribution in [1.82, 2.24) is 20.1 Å². The van der Waals surface area contributed by atoms with E-state index in [1.165, 1.54) is 6.20 Å². The number of carbonyl (C=O) groups excluding carboxylic acids is 1.